The van der Waals surface area contributed by atoms with Crippen LogP contribution in [0, 0.1) is 0 Å². The predicted molar refractivity (Wildman–Crippen MR) is 121 cm³/mol. The summed E-state index contributed by atoms with van der Waals surface area (Å²) >= 11 is 0. The summed E-state index contributed by atoms with van der Waals surface area (Å²) in [5.41, 5.74) is 2.87. The third-order valence-electron chi connectivity index (χ3n) is 5.61. The van der Waals surface area contributed by atoms with Crippen LogP contribution in [-0.4, -0.2) is 51.5 Å². The number of carbonyl (C=O) groups excluding carboxylic acids is 1. The number of amides is 1. The van der Waals surface area contributed by atoms with Crippen molar-refractivity contribution in [2.24, 2.45) is 0 Å². The van der Waals surface area contributed by atoms with Crippen LogP contribution in [0.3, 0.4) is 0 Å². The standard InChI is InChI=1S/C22H22N6O3S/c1-15(29)23-22-24-21-20(25-26-22)18-13-17(32(30,31)27-11-5-6-12-27)9-10-19(18)28(21)14-16-7-3-2-4-8-16/h2-4,7-10,13H,5-6,11-12,14H2,1H3,(H,23,24,26,29). The monoisotopic (exact) mass is 450 g/mol. The number of nitrogens with zero attached hydrogens (tertiary/aromatic N) is 5. The highest BCUT2D eigenvalue weighted by atomic mass is 32.2. The molecule has 164 valence electrons. The summed E-state index contributed by atoms with van der Waals surface area (Å²) in [7, 11) is -3.57. The Balaban J connectivity index is 1.70. The van der Waals surface area contributed by atoms with Crippen molar-refractivity contribution in [2.75, 3.05) is 18.4 Å². The molecular formula is C22H22N6O3S. The van der Waals surface area contributed by atoms with Crippen molar-refractivity contribution in [3.63, 3.8) is 0 Å². The first kappa shape index (κ1) is 20.5. The van der Waals surface area contributed by atoms with E-state index >= 15 is 0 Å². The number of benzene rings is 2. The molecule has 1 aliphatic rings. The lowest BCUT2D eigenvalue weighted by molar-refractivity contribution is -0.114. The fourth-order valence-electron chi connectivity index (χ4n) is 4.11. The highest BCUT2D eigenvalue weighted by Gasteiger charge is 2.28. The van der Waals surface area contributed by atoms with Crippen LogP contribution in [0.4, 0.5) is 5.95 Å². The van der Waals surface area contributed by atoms with Gasteiger partial charge in [0.15, 0.2) is 5.65 Å². The second kappa shape index (κ2) is 7.95. The summed E-state index contributed by atoms with van der Waals surface area (Å²) < 4.78 is 29.7. The van der Waals surface area contributed by atoms with E-state index in [1.807, 2.05) is 34.9 Å². The van der Waals surface area contributed by atoms with Crippen LogP contribution in [0.2, 0.25) is 0 Å². The maximum absolute atomic E-state index is 13.1. The largest absolute Gasteiger partial charge is 0.319 e. The van der Waals surface area contributed by atoms with Crippen molar-refractivity contribution in [3.05, 3.63) is 54.1 Å². The van der Waals surface area contributed by atoms with Gasteiger partial charge in [0.25, 0.3) is 5.95 Å². The number of anilines is 1. The molecule has 5 rings (SSSR count). The third kappa shape index (κ3) is 3.61. The first-order valence-electron chi connectivity index (χ1n) is 10.4. The lowest BCUT2D eigenvalue weighted by Gasteiger charge is -2.15. The van der Waals surface area contributed by atoms with Crippen molar-refractivity contribution in [1.82, 2.24) is 24.1 Å². The zero-order valence-electron chi connectivity index (χ0n) is 17.5. The molecule has 0 bridgehead atoms. The van der Waals surface area contributed by atoms with Crippen molar-refractivity contribution in [2.45, 2.75) is 31.2 Å². The van der Waals surface area contributed by atoms with E-state index in [1.165, 1.54) is 11.2 Å². The van der Waals surface area contributed by atoms with Gasteiger partial charge in [-0.1, -0.05) is 30.3 Å². The van der Waals surface area contributed by atoms with Crippen LogP contribution in [0.15, 0.2) is 53.4 Å². The number of carbonyl (C=O) groups is 1. The van der Waals surface area contributed by atoms with Crippen molar-refractivity contribution >= 4 is 43.9 Å². The smallest absolute Gasteiger partial charge is 0.251 e. The van der Waals surface area contributed by atoms with Crippen molar-refractivity contribution < 1.29 is 13.2 Å². The molecular weight excluding hydrogens is 428 g/mol. The Labute approximate surface area is 185 Å². The molecule has 32 heavy (non-hydrogen) atoms. The molecule has 0 unspecified atom stereocenters. The topological polar surface area (TPSA) is 110 Å². The minimum Gasteiger partial charge on any atom is -0.319 e. The Kier molecular flexibility index (Phi) is 5.10. The average Bonchev–Trinajstić information content (AvgIpc) is 3.42. The average molecular weight is 451 g/mol. The van der Waals surface area contributed by atoms with Gasteiger partial charge in [0.1, 0.15) is 5.52 Å². The molecule has 0 atom stereocenters. The van der Waals surface area contributed by atoms with Gasteiger partial charge in [0.05, 0.1) is 10.4 Å². The number of hydrogen-bond donors (Lipinski definition) is 1. The van der Waals surface area contributed by atoms with Gasteiger partial charge >= 0.3 is 0 Å². The molecule has 4 aromatic rings. The van der Waals surface area contributed by atoms with Crippen LogP contribution in [-0.2, 0) is 21.4 Å². The zero-order chi connectivity index (χ0) is 22.3. The molecule has 0 saturated carbocycles. The second-order valence-corrected chi connectivity index (χ2v) is 9.79. The van der Waals surface area contributed by atoms with Gasteiger partial charge in [-0.3, -0.25) is 10.1 Å². The zero-order valence-corrected chi connectivity index (χ0v) is 18.3. The SMILES string of the molecule is CC(=O)Nc1nnc2c3cc(S(=O)(=O)N4CCCC4)ccc3n(Cc3ccccc3)c2n1. The highest BCUT2D eigenvalue weighted by Crippen LogP contribution is 2.31. The van der Waals surface area contributed by atoms with Gasteiger partial charge < -0.3 is 4.57 Å². The number of hydrogen-bond acceptors (Lipinski definition) is 6. The minimum atomic E-state index is -3.57. The molecule has 2 aromatic carbocycles. The molecule has 0 aliphatic carbocycles. The van der Waals surface area contributed by atoms with E-state index in [-0.39, 0.29) is 16.8 Å². The van der Waals surface area contributed by atoms with E-state index in [4.69, 9.17) is 0 Å². The number of aromatic nitrogens is 4. The number of sulfonamides is 1. The molecule has 0 radical (unpaired) electrons. The Hall–Kier alpha value is -3.37. The van der Waals surface area contributed by atoms with Crippen molar-refractivity contribution in [3.8, 4) is 0 Å². The third-order valence-corrected chi connectivity index (χ3v) is 7.51. The summed E-state index contributed by atoms with van der Waals surface area (Å²) in [6, 6.07) is 15.0. The van der Waals surface area contributed by atoms with E-state index in [0.717, 1.165) is 23.9 Å². The Bertz CT molecular complexity index is 1430. The van der Waals surface area contributed by atoms with Gasteiger partial charge in [-0.25, -0.2) is 8.42 Å². The van der Waals surface area contributed by atoms with Crippen LogP contribution in [0.1, 0.15) is 25.3 Å². The molecule has 2 aromatic heterocycles. The molecule has 9 nitrogen and oxygen atoms in total. The van der Waals surface area contributed by atoms with Crippen LogP contribution < -0.4 is 5.32 Å². The molecule has 0 spiro atoms. The fraction of sp³-hybridized carbons (Fsp3) is 0.273. The Morgan fingerprint density at radius 1 is 1.06 bits per heavy atom. The number of fused-ring (bicyclic) bond motifs is 3. The van der Waals surface area contributed by atoms with Crippen LogP contribution in [0.25, 0.3) is 22.1 Å². The van der Waals surface area contributed by atoms with E-state index in [0.29, 0.717) is 36.2 Å². The van der Waals surface area contributed by atoms with Gasteiger partial charge in [-0.15, -0.1) is 10.2 Å². The van der Waals surface area contributed by atoms with Crippen LogP contribution >= 0.6 is 0 Å². The summed E-state index contributed by atoms with van der Waals surface area (Å²) in [6.07, 6.45) is 1.75. The summed E-state index contributed by atoms with van der Waals surface area (Å²) in [5, 5.41) is 11.5. The first-order valence-corrected chi connectivity index (χ1v) is 11.9. The molecule has 1 aliphatic heterocycles. The van der Waals surface area contributed by atoms with E-state index in [9.17, 15) is 13.2 Å². The Morgan fingerprint density at radius 3 is 2.53 bits per heavy atom. The van der Waals surface area contributed by atoms with E-state index < -0.39 is 10.0 Å². The maximum atomic E-state index is 13.1. The maximum Gasteiger partial charge on any atom is 0.251 e. The molecule has 1 fully saturated rings. The van der Waals surface area contributed by atoms with Crippen LogP contribution in [0.5, 0.6) is 0 Å². The molecule has 1 saturated heterocycles. The lowest BCUT2D eigenvalue weighted by Crippen LogP contribution is -2.27. The van der Waals surface area contributed by atoms with Gasteiger partial charge in [-0.05, 0) is 36.6 Å². The lowest BCUT2D eigenvalue weighted by atomic mass is 10.2. The minimum absolute atomic E-state index is 0.104. The number of nitrogens with one attached hydrogen (secondary N) is 1. The summed E-state index contributed by atoms with van der Waals surface area (Å²) in [6.45, 7) is 2.97. The quantitative estimate of drug-likeness (QED) is 0.501. The molecule has 1 N–H and O–H groups in total. The fourth-order valence-corrected chi connectivity index (χ4v) is 5.65. The van der Waals surface area contributed by atoms with Gasteiger partial charge in [0, 0.05) is 31.9 Å². The van der Waals surface area contributed by atoms with E-state index in [2.05, 4.69) is 20.5 Å². The predicted octanol–water partition coefficient (Wildman–Crippen LogP) is 2.77. The highest BCUT2D eigenvalue weighted by molar-refractivity contribution is 7.89. The van der Waals surface area contributed by atoms with Crippen molar-refractivity contribution in [1.29, 1.82) is 0 Å². The Morgan fingerprint density at radius 2 is 1.81 bits per heavy atom. The second-order valence-electron chi connectivity index (χ2n) is 7.85. The molecule has 1 amide bonds. The summed E-state index contributed by atoms with van der Waals surface area (Å²) in [4.78, 5) is 16.2. The first-order chi connectivity index (χ1) is 15.4. The number of rotatable bonds is 5. The van der Waals surface area contributed by atoms with Gasteiger partial charge in [-0.2, -0.15) is 9.29 Å². The molecule has 10 heteroatoms. The van der Waals surface area contributed by atoms with Gasteiger partial charge in [0.2, 0.25) is 15.9 Å². The summed E-state index contributed by atoms with van der Waals surface area (Å²) in [5.74, 6) is -0.192. The van der Waals surface area contributed by atoms with E-state index in [1.54, 1.807) is 18.2 Å². The normalized spacial score (nSPS) is 14.9. The molecule has 3 heterocycles.